The first-order chi connectivity index (χ1) is 11.8. The van der Waals surface area contributed by atoms with Crippen molar-refractivity contribution in [3.05, 3.63) is 30.3 Å². The lowest BCUT2D eigenvalue weighted by Crippen LogP contribution is -2.40. The minimum atomic E-state index is 0.262. The van der Waals surface area contributed by atoms with Gasteiger partial charge in [0.15, 0.2) is 0 Å². The lowest BCUT2D eigenvalue weighted by molar-refractivity contribution is -0.135. The van der Waals surface area contributed by atoms with Crippen LogP contribution < -0.4 is 4.90 Å². The van der Waals surface area contributed by atoms with E-state index < -0.39 is 0 Å². The van der Waals surface area contributed by atoms with Crippen LogP contribution in [-0.2, 0) is 9.53 Å². The third-order valence-electron chi connectivity index (χ3n) is 4.37. The molecule has 2 aliphatic rings. The van der Waals surface area contributed by atoms with E-state index in [-0.39, 0.29) is 5.91 Å². The van der Waals surface area contributed by atoms with Crippen molar-refractivity contribution in [1.82, 2.24) is 4.90 Å². The van der Waals surface area contributed by atoms with Crippen LogP contribution in [0.15, 0.2) is 30.3 Å². The molecule has 3 rings (SSSR count). The van der Waals surface area contributed by atoms with Crippen LogP contribution >= 0.6 is 15.9 Å². The molecule has 5 heteroatoms. The Morgan fingerprint density at radius 1 is 1.00 bits per heavy atom. The first-order valence-electron chi connectivity index (χ1n) is 9.03. The van der Waals surface area contributed by atoms with Gasteiger partial charge < -0.3 is 14.5 Å². The highest BCUT2D eigenvalue weighted by Crippen LogP contribution is 2.18. The fourth-order valence-corrected chi connectivity index (χ4v) is 3.26. The van der Waals surface area contributed by atoms with Crippen LogP contribution in [0.2, 0.25) is 0 Å². The smallest absolute Gasteiger partial charge is 0.222 e. The maximum Gasteiger partial charge on any atom is 0.222 e. The summed E-state index contributed by atoms with van der Waals surface area (Å²) < 4.78 is 5.15. The maximum atomic E-state index is 11.4. The summed E-state index contributed by atoms with van der Waals surface area (Å²) in [6, 6.07) is 10.7. The number of hydrogen-bond donors (Lipinski definition) is 0. The summed E-state index contributed by atoms with van der Waals surface area (Å²) in [5, 5.41) is 0.906. The minimum Gasteiger partial charge on any atom is -0.378 e. The molecule has 2 aliphatic heterocycles. The number of carbonyl (C=O) groups excluding carboxylic acids is 1. The van der Waals surface area contributed by atoms with E-state index in [1.807, 2.05) is 4.90 Å². The number of halogens is 1. The molecule has 0 saturated carbocycles. The highest BCUT2D eigenvalue weighted by molar-refractivity contribution is 9.09. The van der Waals surface area contributed by atoms with Gasteiger partial charge in [0, 0.05) is 43.6 Å². The number of carbonyl (C=O) groups is 1. The number of ether oxygens (including phenoxy) is 1. The first-order valence-corrected chi connectivity index (χ1v) is 10.1. The van der Waals surface area contributed by atoms with E-state index in [0.29, 0.717) is 19.6 Å². The van der Waals surface area contributed by atoms with Crippen LogP contribution in [0.3, 0.4) is 0 Å². The molecule has 1 aromatic carbocycles. The number of amides is 1. The molecule has 4 nitrogen and oxygen atoms in total. The second kappa shape index (κ2) is 11.5. The molecule has 2 fully saturated rings. The Morgan fingerprint density at radius 2 is 1.67 bits per heavy atom. The number of alkyl halides is 1. The fraction of sp³-hybridized carbons (Fsp3) is 0.632. The molecule has 0 aromatic heterocycles. The van der Waals surface area contributed by atoms with Crippen LogP contribution in [0.1, 0.15) is 32.1 Å². The molecule has 2 heterocycles. The van der Waals surface area contributed by atoms with Crippen molar-refractivity contribution in [3.63, 3.8) is 0 Å². The second-order valence-corrected chi connectivity index (χ2v) is 6.96. The van der Waals surface area contributed by atoms with Crippen LogP contribution in [0, 0.1) is 0 Å². The summed E-state index contributed by atoms with van der Waals surface area (Å²) in [7, 11) is 0. The summed E-state index contributed by atoms with van der Waals surface area (Å²) in [6.45, 7) is 5.40. The monoisotopic (exact) mass is 396 g/mol. The van der Waals surface area contributed by atoms with E-state index in [2.05, 4.69) is 51.2 Å². The highest BCUT2D eigenvalue weighted by Gasteiger charge is 2.15. The Balaban J connectivity index is 0.000000174. The number of piperidine rings is 1. The van der Waals surface area contributed by atoms with E-state index in [1.165, 1.54) is 38.0 Å². The highest BCUT2D eigenvalue weighted by atomic mass is 79.9. The molecule has 0 unspecified atom stereocenters. The summed E-state index contributed by atoms with van der Waals surface area (Å²) in [5.74, 6) is 0.262. The number of benzene rings is 1. The number of anilines is 1. The number of para-hydroxylation sites is 1. The van der Waals surface area contributed by atoms with Crippen molar-refractivity contribution in [1.29, 1.82) is 0 Å². The molecular formula is C19H29BrN2O2. The molecule has 134 valence electrons. The summed E-state index contributed by atoms with van der Waals surface area (Å²) >= 11 is 3.31. The molecule has 1 aromatic rings. The van der Waals surface area contributed by atoms with E-state index in [9.17, 15) is 4.79 Å². The van der Waals surface area contributed by atoms with Crippen molar-refractivity contribution >= 4 is 27.5 Å². The van der Waals surface area contributed by atoms with E-state index in [1.54, 1.807) is 0 Å². The van der Waals surface area contributed by atoms with Crippen molar-refractivity contribution in [2.24, 2.45) is 0 Å². The molecule has 2 saturated heterocycles. The van der Waals surface area contributed by atoms with Gasteiger partial charge in [0.2, 0.25) is 5.91 Å². The molecule has 0 spiro atoms. The van der Waals surface area contributed by atoms with Crippen LogP contribution in [0.4, 0.5) is 5.69 Å². The molecule has 0 bridgehead atoms. The average Bonchev–Trinajstić information content (AvgIpc) is 2.69. The SMILES string of the molecule is O=C(CCCBr)N1CCOCC1.c1ccc(N2CCCCC2)cc1. The Kier molecular flexibility index (Phi) is 9.21. The number of rotatable bonds is 4. The second-order valence-electron chi connectivity index (χ2n) is 6.17. The summed E-state index contributed by atoms with van der Waals surface area (Å²) in [5.41, 5.74) is 1.39. The fourth-order valence-electron chi connectivity index (χ4n) is 2.98. The molecule has 0 aliphatic carbocycles. The van der Waals surface area contributed by atoms with E-state index >= 15 is 0 Å². The zero-order chi connectivity index (χ0) is 17.0. The predicted octanol–water partition coefficient (Wildman–Crippen LogP) is 3.70. The van der Waals surface area contributed by atoms with Crippen LogP contribution in [0.25, 0.3) is 0 Å². The van der Waals surface area contributed by atoms with Gasteiger partial charge in [0.05, 0.1) is 13.2 Å². The maximum absolute atomic E-state index is 11.4. The Bertz CT molecular complexity index is 458. The Labute approximate surface area is 154 Å². The molecular weight excluding hydrogens is 368 g/mol. The van der Waals surface area contributed by atoms with Crippen LogP contribution in [-0.4, -0.2) is 55.5 Å². The number of hydrogen-bond acceptors (Lipinski definition) is 3. The Morgan fingerprint density at radius 3 is 2.29 bits per heavy atom. The average molecular weight is 397 g/mol. The van der Waals surface area contributed by atoms with Gasteiger partial charge in [-0.05, 0) is 37.8 Å². The zero-order valence-corrected chi connectivity index (χ0v) is 16.0. The van der Waals surface area contributed by atoms with Crippen molar-refractivity contribution in [2.75, 3.05) is 49.6 Å². The predicted molar refractivity (Wildman–Crippen MR) is 103 cm³/mol. The van der Waals surface area contributed by atoms with Gasteiger partial charge in [-0.3, -0.25) is 4.79 Å². The number of morpholine rings is 1. The van der Waals surface area contributed by atoms with Gasteiger partial charge >= 0.3 is 0 Å². The summed E-state index contributed by atoms with van der Waals surface area (Å²) in [6.07, 6.45) is 5.70. The van der Waals surface area contributed by atoms with Gasteiger partial charge in [-0.2, -0.15) is 0 Å². The lowest BCUT2D eigenvalue weighted by Gasteiger charge is -2.28. The van der Waals surface area contributed by atoms with Gasteiger partial charge in [-0.25, -0.2) is 0 Å². The summed E-state index contributed by atoms with van der Waals surface area (Å²) in [4.78, 5) is 15.8. The molecule has 24 heavy (non-hydrogen) atoms. The van der Waals surface area contributed by atoms with Gasteiger partial charge in [-0.1, -0.05) is 34.1 Å². The number of nitrogens with zero attached hydrogens (tertiary/aromatic N) is 2. The van der Waals surface area contributed by atoms with Gasteiger partial charge in [-0.15, -0.1) is 0 Å². The largest absolute Gasteiger partial charge is 0.378 e. The van der Waals surface area contributed by atoms with E-state index in [4.69, 9.17) is 4.74 Å². The minimum absolute atomic E-state index is 0.262. The third-order valence-corrected chi connectivity index (χ3v) is 4.93. The molecule has 0 atom stereocenters. The van der Waals surface area contributed by atoms with Crippen LogP contribution in [0.5, 0.6) is 0 Å². The van der Waals surface area contributed by atoms with Crippen molar-refractivity contribution in [3.8, 4) is 0 Å². The third kappa shape index (κ3) is 6.81. The molecule has 0 radical (unpaired) electrons. The topological polar surface area (TPSA) is 32.8 Å². The van der Waals surface area contributed by atoms with Crippen molar-refractivity contribution in [2.45, 2.75) is 32.1 Å². The van der Waals surface area contributed by atoms with Gasteiger partial charge in [0.1, 0.15) is 0 Å². The molecule has 0 N–H and O–H groups in total. The lowest BCUT2D eigenvalue weighted by atomic mass is 10.1. The van der Waals surface area contributed by atoms with Gasteiger partial charge in [0.25, 0.3) is 0 Å². The quantitative estimate of drug-likeness (QED) is 0.727. The van der Waals surface area contributed by atoms with Crippen molar-refractivity contribution < 1.29 is 9.53 Å². The van der Waals surface area contributed by atoms with E-state index in [0.717, 1.165) is 24.8 Å². The molecule has 1 amide bonds. The Hall–Kier alpha value is -1.07. The standard InChI is InChI=1S/C11H15N.C8H14BrNO2/c1-3-7-11(8-4-1)12-9-5-2-6-10-12;9-3-1-2-8(11)10-4-6-12-7-5-10/h1,3-4,7-8H,2,5-6,9-10H2;1-7H2. The normalized spacial score (nSPS) is 17.9. The zero-order valence-electron chi connectivity index (χ0n) is 14.5. The first kappa shape index (κ1) is 19.3.